The van der Waals surface area contributed by atoms with Gasteiger partial charge in [-0.05, 0) is 25.1 Å². The minimum absolute atomic E-state index is 0.0632. The summed E-state index contributed by atoms with van der Waals surface area (Å²) in [7, 11) is 0. The highest BCUT2D eigenvalue weighted by Gasteiger charge is 2.11. The molecule has 0 aromatic heterocycles. The molecule has 3 nitrogen and oxygen atoms in total. The van der Waals surface area contributed by atoms with Gasteiger partial charge in [0.1, 0.15) is 30.1 Å². The second-order valence-corrected chi connectivity index (χ2v) is 4.54. The Labute approximate surface area is 121 Å². The summed E-state index contributed by atoms with van der Waals surface area (Å²) in [6.07, 6.45) is -0.913. The van der Waals surface area contributed by atoms with E-state index in [2.05, 4.69) is 0 Å². The second kappa shape index (κ2) is 6.33. The number of hydrogen-bond acceptors (Lipinski definition) is 3. The molecule has 0 heterocycles. The Hall–Kier alpha value is -2.45. The lowest BCUT2D eigenvalue weighted by molar-refractivity contribution is 0.194. The van der Waals surface area contributed by atoms with Gasteiger partial charge in [0, 0.05) is 17.2 Å². The lowest BCUT2D eigenvalue weighted by atomic mass is 10.1. The molecule has 0 amide bonds. The molecule has 0 radical (unpaired) electrons. The van der Waals surface area contributed by atoms with Crippen molar-refractivity contribution in [1.82, 2.24) is 0 Å². The molecule has 0 spiro atoms. The maximum absolute atomic E-state index is 13.8. The second-order valence-electron chi connectivity index (χ2n) is 4.54. The van der Waals surface area contributed by atoms with Gasteiger partial charge in [-0.2, -0.15) is 5.26 Å². The lowest BCUT2D eigenvalue weighted by Gasteiger charge is -2.10. The molecule has 0 aliphatic rings. The van der Waals surface area contributed by atoms with Crippen molar-refractivity contribution in [1.29, 1.82) is 5.26 Å². The van der Waals surface area contributed by atoms with E-state index in [0.717, 1.165) is 6.07 Å². The Balaban J connectivity index is 2.14. The highest BCUT2D eigenvalue weighted by molar-refractivity contribution is 5.35. The van der Waals surface area contributed by atoms with Crippen LogP contribution in [0.3, 0.4) is 0 Å². The van der Waals surface area contributed by atoms with Gasteiger partial charge in [-0.3, -0.25) is 0 Å². The van der Waals surface area contributed by atoms with Crippen LogP contribution in [-0.2, 0) is 6.61 Å². The third-order valence-electron chi connectivity index (χ3n) is 3.02. The molecule has 1 atom stereocenters. The molecule has 0 unspecified atom stereocenters. The molecule has 0 fully saturated rings. The number of aliphatic hydroxyl groups excluding tert-OH is 1. The summed E-state index contributed by atoms with van der Waals surface area (Å²) in [5.74, 6) is -1.01. The number of halogens is 2. The molecular weight excluding hydrogens is 276 g/mol. The van der Waals surface area contributed by atoms with Gasteiger partial charge in [0.25, 0.3) is 0 Å². The first-order chi connectivity index (χ1) is 10.0. The third kappa shape index (κ3) is 3.36. The average molecular weight is 289 g/mol. The average Bonchev–Trinajstić information content (AvgIpc) is 2.46. The van der Waals surface area contributed by atoms with E-state index in [0.29, 0.717) is 0 Å². The summed E-state index contributed by atoms with van der Waals surface area (Å²) in [5.41, 5.74) is 0.320. The fourth-order valence-corrected chi connectivity index (χ4v) is 1.88. The standard InChI is InChI=1S/C16H13F2NO2/c1-10(20)14-6-5-13(7-15(14)17)21-9-12-4-2-3-11(8-19)16(12)18/h2-7,10,20H,9H2,1H3/t10-/m0/s1. The Kier molecular flexibility index (Phi) is 4.51. The van der Waals surface area contributed by atoms with E-state index < -0.39 is 17.7 Å². The fourth-order valence-electron chi connectivity index (χ4n) is 1.88. The van der Waals surface area contributed by atoms with Gasteiger partial charge < -0.3 is 9.84 Å². The number of rotatable bonds is 4. The zero-order valence-electron chi connectivity index (χ0n) is 11.3. The predicted octanol–water partition coefficient (Wildman–Crippen LogP) is 3.47. The van der Waals surface area contributed by atoms with Crippen LogP contribution in [0.5, 0.6) is 5.75 Å². The van der Waals surface area contributed by atoms with Crippen molar-refractivity contribution >= 4 is 0 Å². The predicted molar refractivity (Wildman–Crippen MR) is 72.5 cm³/mol. The van der Waals surface area contributed by atoms with Crippen LogP contribution in [0.15, 0.2) is 36.4 Å². The maximum Gasteiger partial charge on any atom is 0.147 e. The Bertz CT molecular complexity index is 693. The largest absolute Gasteiger partial charge is 0.489 e. The van der Waals surface area contributed by atoms with E-state index in [9.17, 15) is 13.9 Å². The molecule has 108 valence electrons. The van der Waals surface area contributed by atoms with E-state index >= 15 is 0 Å². The zero-order chi connectivity index (χ0) is 15.4. The van der Waals surface area contributed by atoms with Crippen molar-refractivity contribution in [3.05, 3.63) is 64.7 Å². The van der Waals surface area contributed by atoms with Crippen LogP contribution in [0, 0.1) is 23.0 Å². The molecule has 0 saturated carbocycles. The van der Waals surface area contributed by atoms with Crippen LogP contribution in [0.1, 0.15) is 29.7 Å². The fraction of sp³-hybridized carbons (Fsp3) is 0.188. The van der Waals surface area contributed by atoms with Gasteiger partial charge >= 0.3 is 0 Å². The van der Waals surface area contributed by atoms with Crippen molar-refractivity contribution in [3.63, 3.8) is 0 Å². The molecule has 0 saturated heterocycles. The number of nitriles is 1. The normalized spacial score (nSPS) is 11.8. The van der Waals surface area contributed by atoms with Crippen molar-refractivity contribution in [2.24, 2.45) is 0 Å². The number of ether oxygens (including phenoxy) is 1. The van der Waals surface area contributed by atoms with Gasteiger partial charge in [0.2, 0.25) is 0 Å². The summed E-state index contributed by atoms with van der Waals surface area (Å²) in [4.78, 5) is 0. The summed E-state index contributed by atoms with van der Waals surface area (Å²) in [5, 5.41) is 18.1. The van der Waals surface area contributed by atoms with Gasteiger partial charge in [0.05, 0.1) is 11.7 Å². The van der Waals surface area contributed by atoms with E-state index in [4.69, 9.17) is 10.00 Å². The monoisotopic (exact) mass is 289 g/mol. The number of aliphatic hydroxyl groups is 1. The Morgan fingerprint density at radius 2 is 2.05 bits per heavy atom. The van der Waals surface area contributed by atoms with Crippen LogP contribution in [0.4, 0.5) is 8.78 Å². The van der Waals surface area contributed by atoms with Crippen LogP contribution in [0.2, 0.25) is 0 Å². The van der Waals surface area contributed by atoms with Crippen molar-refractivity contribution in [2.75, 3.05) is 0 Å². The number of nitrogens with zero attached hydrogens (tertiary/aromatic N) is 1. The van der Waals surface area contributed by atoms with Gasteiger partial charge in [-0.1, -0.05) is 12.1 Å². The molecule has 0 aliphatic carbocycles. The maximum atomic E-state index is 13.8. The highest BCUT2D eigenvalue weighted by Crippen LogP contribution is 2.23. The van der Waals surface area contributed by atoms with Gasteiger partial charge in [-0.15, -0.1) is 0 Å². The van der Waals surface area contributed by atoms with Crippen LogP contribution < -0.4 is 4.74 Å². The van der Waals surface area contributed by atoms with Crippen molar-refractivity contribution in [3.8, 4) is 11.8 Å². The van der Waals surface area contributed by atoms with Crippen LogP contribution in [-0.4, -0.2) is 5.11 Å². The summed E-state index contributed by atoms with van der Waals surface area (Å²) < 4.78 is 32.8. The summed E-state index contributed by atoms with van der Waals surface area (Å²) in [6, 6.07) is 10.2. The number of benzene rings is 2. The highest BCUT2D eigenvalue weighted by atomic mass is 19.1. The molecule has 5 heteroatoms. The molecule has 2 aromatic rings. The molecule has 1 N–H and O–H groups in total. The quantitative estimate of drug-likeness (QED) is 0.937. The van der Waals surface area contributed by atoms with E-state index in [1.54, 1.807) is 12.1 Å². The summed E-state index contributed by atoms with van der Waals surface area (Å²) >= 11 is 0. The molecule has 2 rings (SSSR count). The smallest absolute Gasteiger partial charge is 0.147 e. The minimum atomic E-state index is -0.913. The Morgan fingerprint density at radius 1 is 1.29 bits per heavy atom. The van der Waals surface area contributed by atoms with Crippen molar-refractivity contribution in [2.45, 2.75) is 19.6 Å². The van der Waals surface area contributed by atoms with E-state index in [1.807, 2.05) is 0 Å². The number of hydrogen-bond donors (Lipinski definition) is 1. The molecule has 0 aliphatic heterocycles. The molecule has 0 bridgehead atoms. The third-order valence-corrected chi connectivity index (χ3v) is 3.02. The zero-order valence-corrected chi connectivity index (χ0v) is 11.3. The van der Waals surface area contributed by atoms with Crippen molar-refractivity contribution < 1.29 is 18.6 Å². The lowest BCUT2D eigenvalue weighted by Crippen LogP contribution is -2.02. The SMILES string of the molecule is C[C@H](O)c1ccc(OCc2cccc(C#N)c2F)cc1F. The topological polar surface area (TPSA) is 53.2 Å². The molecule has 21 heavy (non-hydrogen) atoms. The van der Waals surface area contributed by atoms with E-state index in [1.165, 1.54) is 31.2 Å². The minimum Gasteiger partial charge on any atom is -0.489 e. The first-order valence-electron chi connectivity index (χ1n) is 6.30. The first kappa shape index (κ1) is 14.9. The molecule has 2 aromatic carbocycles. The van der Waals surface area contributed by atoms with Gasteiger partial charge in [-0.25, -0.2) is 8.78 Å². The van der Waals surface area contributed by atoms with Crippen LogP contribution >= 0.6 is 0 Å². The molecular formula is C16H13F2NO2. The first-order valence-corrected chi connectivity index (χ1v) is 6.30. The Morgan fingerprint density at radius 3 is 2.67 bits per heavy atom. The van der Waals surface area contributed by atoms with Gasteiger partial charge in [0.15, 0.2) is 0 Å². The van der Waals surface area contributed by atoms with E-state index in [-0.39, 0.29) is 29.0 Å². The van der Waals surface area contributed by atoms with Crippen LogP contribution in [0.25, 0.3) is 0 Å². The summed E-state index contributed by atoms with van der Waals surface area (Å²) in [6.45, 7) is 1.34.